The Hall–Kier alpha value is -3.47. The highest BCUT2D eigenvalue weighted by Crippen LogP contribution is 2.21. The molecule has 10 nitrogen and oxygen atoms in total. The van der Waals surface area contributed by atoms with Crippen LogP contribution in [0.2, 0.25) is 0 Å². The van der Waals surface area contributed by atoms with Gasteiger partial charge in [0, 0.05) is 0 Å². The summed E-state index contributed by atoms with van der Waals surface area (Å²) < 4.78 is 17.3. The second-order valence-corrected chi connectivity index (χ2v) is 6.48. The van der Waals surface area contributed by atoms with Gasteiger partial charge in [-0.1, -0.05) is 0 Å². The Morgan fingerprint density at radius 1 is 1.14 bits per heavy atom. The molecule has 0 saturated carbocycles. The summed E-state index contributed by atoms with van der Waals surface area (Å²) in [6.07, 6.45) is 1.37. The Morgan fingerprint density at radius 2 is 1.90 bits per heavy atom. The summed E-state index contributed by atoms with van der Waals surface area (Å²) >= 11 is 1.18. The van der Waals surface area contributed by atoms with Gasteiger partial charge >= 0.3 is 5.97 Å². The van der Waals surface area contributed by atoms with Crippen molar-refractivity contribution < 1.29 is 23.8 Å². The van der Waals surface area contributed by atoms with Crippen molar-refractivity contribution >= 4 is 23.2 Å². The average molecular weight is 417 g/mol. The molecule has 0 spiro atoms. The predicted molar refractivity (Wildman–Crippen MR) is 103 cm³/mol. The van der Waals surface area contributed by atoms with Crippen LogP contribution in [0, 0.1) is 0 Å². The molecule has 0 saturated heterocycles. The number of amides is 1. The minimum atomic E-state index is -0.619. The summed E-state index contributed by atoms with van der Waals surface area (Å²) in [7, 11) is 0. The molecule has 0 bridgehead atoms. The first-order chi connectivity index (χ1) is 14.2. The van der Waals surface area contributed by atoms with Crippen molar-refractivity contribution in [2.45, 2.75) is 6.92 Å². The molecular formula is C18H19N5O5S. The van der Waals surface area contributed by atoms with Gasteiger partial charge in [0.25, 0.3) is 5.91 Å². The van der Waals surface area contributed by atoms with Gasteiger partial charge in [0.2, 0.25) is 0 Å². The molecule has 0 fully saturated rings. The van der Waals surface area contributed by atoms with Crippen molar-refractivity contribution in [3.8, 4) is 17.2 Å². The van der Waals surface area contributed by atoms with Gasteiger partial charge in [-0.2, -0.15) is 4.68 Å². The molecule has 0 aliphatic rings. The largest absolute Gasteiger partial charge is 0.494 e. The fourth-order valence-electron chi connectivity index (χ4n) is 2.31. The molecular weight excluding hydrogens is 398 g/mol. The predicted octanol–water partition coefficient (Wildman–Crippen LogP) is 1.47. The zero-order valence-corrected chi connectivity index (χ0v) is 16.4. The molecule has 11 heteroatoms. The molecule has 3 rings (SSSR count). The molecule has 0 aliphatic carbocycles. The summed E-state index contributed by atoms with van der Waals surface area (Å²) in [5, 5.41) is 15.1. The van der Waals surface area contributed by atoms with Crippen LogP contribution in [0.1, 0.15) is 16.6 Å². The van der Waals surface area contributed by atoms with Crippen LogP contribution in [-0.2, 0) is 9.53 Å². The molecule has 0 unspecified atom stereocenters. The van der Waals surface area contributed by atoms with Crippen molar-refractivity contribution in [3.63, 3.8) is 0 Å². The minimum absolute atomic E-state index is 0.276. The van der Waals surface area contributed by atoms with Gasteiger partial charge in [0.05, 0.1) is 18.8 Å². The van der Waals surface area contributed by atoms with Crippen LogP contribution in [0.3, 0.4) is 0 Å². The fourth-order valence-corrected chi connectivity index (χ4v) is 3.08. The number of hydrogen-bond donors (Lipinski definition) is 1. The number of rotatable bonds is 10. The normalized spacial score (nSPS) is 10.4. The number of aromatic nitrogens is 4. The van der Waals surface area contributed by atoms with E-state index in [0.29, 0.717) is 22.9 Å². The van der Waals surface area contributed by atoms with Gasteiger partial charge in [-0.05, 0) is 53.1 Å². The molecule has 0 radical (unpaired) electrons. The molecule has 0 aliphatic heterocycles. The lowest BCUT2D eigenvalue weighted by Gasteiger charge is -2.09. The molecule has 3 aromatic rings. The number of benzene rings is 1. The van der Waals surface area contributed by atoms with Crippen LogP contribution >= 0.6 is 11.3 Å². The van der Waals surface area contributed by atoms with E-state index in [1.165, 1.54) is 22.3 Å². The third-order valence-electron chi connectivity index (χ3n) is 3.59. The van der Waals surface area contributed by atoms with Gasteiger partial charge < -0.3 is 19.5 Å². The Morgan fingerprint density at radius 3 is 2.59 bits per heavy atom. The van der Waals surface area contributed by atoms with E-state index >= 15 is 0 Å². The van der Waals surface area contributed by atoms with Gasteiger partial charge in [0.15, 0.2) is 6.61 Å². The first-order valence-corrected chi connectivity index (χ1v) is 9.65. The third-order valence-corrected chi connectivity index (χ3v) is 4.47. The number of thiophene rings is 1. The quantitative estimate of drug-likeness (QED) is 0.389. The van der Waals surface area contributed by atoms with Crippen LogP contribution in [-0.4, -0.2) is 58.4 Å². The van der Waals surface area contributed by atoms with Crippen LogP contribution in [0.25, 0.3) is 5.69 Å². The molecule has 1 aromatic carbocycles. The van der Waals surface area contributed by atoms with Gasteiger partial charge in [-0.3, -0.25) is 4.79 Å². The zero-order chi connectivity index (χ0) is 20.5. The van der Waals surface area contributed by atoms with E-state index in [0.717, 1.165) is 5.75 Å². The molecule has 29 heavy (non-hydrogen) atoms. The summed E-state index contributed by atoms with van der Waals surface area (Å²) in [5.74, 6) is 0.395. The Balaban J connectivity index is 1.37. The lowest BCUT2D eigenvalue weighted by atomic mass is 10.3. The van der Waals surface area contributed by atoms with Crippen molar-refractivity contribution in [2.24, 2.45) is 0 Å². The lowest BCUT2D eigenvalue weighted by Crippen LogP contribution is -2.32. The molecule has 1 N–H and O–H groups in total. The maximum Gasteiger partial charge on any atom is 0.351 e. The summed E-state index contributed by atoms with van der Waals surface area (Å²) in [5.41, 5.74) is 0.495. The number of carbonyl (C=O) groups is 2. The van der Waals surface area contributed by atoms with Gasteiger partial charge in [-0.25, -0.2) is 4.79 Å². The molecule has 2 heterocycles. The highest BCUT2D eigenvalue weighted by atomic mass is 32.1. The molecule has 1 amide bonds. The zero-order valence-electron chi connectivity index (χ0n) is 15.6. The van der Waals surface area contributed by atoms with E-state index in [1.54, 1.807) is 23.6 Å². The highest BCUT2D eigenvalue weighted by Gasteiger charge is 2.18. The maximum absolute atomic E-state index is 12.2. The van der Waals surface area contributed by atoms with Crippen molar-refractivity contribution in [1.82, 2.24) is 25.5 Å². The first kappa shape index (κ1) is 20.3. The van der Waals surface area contributed by atoms with E-state index in [9.17, 15) is 9.59 Å². The number of carbonyl (C=O) groups excluding carboxylic acids is 2. The van der Waals surface area contributed by atoms with E-state index < -0.39 is 18.5 Å². The topological polar surface area (TPSA) is 117 Å². The summed E-state index contributed by atoms with van der Waals surface area (Å²) in [4.78, 5) is 24.4. The van der Waals surface area contributed by atoms with Crippen molar-refractivity contribution in [3.05, 3.63) is 46.9 Å². The fraction of sp³-hybridized carbons (Fsp3) is 0.278. The Kier molecular flexibility index (Phi) is 7.11. The number of ether oxygens (including phenoxy) is 3. The molecule has 0 atom stereocenters. The highest BCUT2D eigenvalue weighted by molar-refractivity contribution is 7.12. The summed E-state index contributed by atoms with van der Waals surface area (Å²) in [6, 6.07) is 8.89. The minimum Gasteiger partial charge on any atom is -0.494 e. The second-order valence-electron chi connectivity index (χ2n) is 5.57. The number of esters is 1. The Labute approximate surface area is 170 Å². The van der Waals surface area contributed by atoms with Crippen molar-refractivity contribution in [1.29, 1.82) is 0 Å². The smallest absolute Gasteiger partial charge is 0.351 e. The van der Waals surface area contributed by atoms with Gasteiger partial charge in [0.1, 0.15) is 29.3 Å². The molecule has 2 aromatic heterocycles. The van der Waals surface area contributed by atoms with E-state index in [1.807, 2.05) is 19.1 Å². The van der Waals surface area contributed by atoms with Crippen molar-refractivity contribution in [2.75, 3.05) is 26.4 Å². The van der Waals surface area contributed by atoms with E-state index in [4.69, 9.17) is 14.2 Å². The average Bonchev–Trinajstić information content (AvgIpc) is 3.42. The standard InChI is InChI=1S/C18H19N5O5S/c1-2-26-13-3-5-14(6-4-13)27-9-8-19-16(24)11-28-18(25)17-15(7-10-29-17)23-12-20-21-22-23/h3-7,10,12H,2,8-9,11H2,1H3,(H,19,24). The number of tetrazole rings is 1. The second kappa shape index (κ2) is 10.2. The van der Waals surface area contributed by atoms with Gasteiger partial charge in [-0.15, -0.1) is 16.4 Å². The van der Waals surface area contributed by atoms with E-state index in [2.05, 4.69) is 20.8 Å². The monoisotopic (exact) mass is 417 g/mol. The number of nitrogens with one attached hydrogen (secondary N) is 1. The summed E-state index contributed by atoms with van der Waals surface area (Å²) in [6.45, 7) is 2.68. The van der Waals surface area contributed by atoms with E-state index in [-0.39, 0.29) is 13.2 Å². The molecule has 152 valence electrons. The van der Waals surface area contributed by atoms with Crippen LogP contribution in [0.15, 0.2) is 42.0 Å². The third kappa shape index (κ3) is 5.75. The first-order valence-electron chi connectivity index (χ1n) is 8.77. The van der Waals surface area contributed by atoms with Crippen LogP contribution < -0.4 is 14.8 Å². The number of hydrogen-bond acceptors (Lipinski definition) is 9. The SMILES string of the molecule is CCOc1ccc(OCCNC(=O)COC(=O)c2sccc2-n2cnnn2)cc1. The lowest BCUT2D eigenvalue weighted by molar-refractivity contribution is -0.124. The van der Waals surface area contributed by atoms with Crippen LogP contribution in [0.5, 0.6) is 11.5 Å². The Bertz CT molecular complexity index is 927. The van der Waals surface area contributed by atoms with Crippen LogP contribution in [0.4, 0.5) is 0 Å². The number of nitrogens with zero attached hydrogens (tertiary/aromatic N) is 4. The maximum atomic E-state index is 12.2.